The third kappa shape index (κ3) is 2.74. The fourth-order valence-electron chi connectivity index (χ4n) is 2.00. The predicted octanol–water partition coefficient (Wildman–Crippen LogP) is 0.644. The van der Waals surface area contributed by atoms with E-state index in [-0.39, 0.29) is 24.9 Å². The van der Waals surface area contributed by atoms with E-state index in [0.717, 1.165) is 18.7 Å². The minimum Gasteiger partial charge on any atom is -0.392 e. The first kappa shape index (κ1) is 11.9. The molecule has 1 aromatic carbocycles. The second kappa shape index (κ2) is 5.14. The Hall–Kier alpha value is -1.62. The highest BCUT2D eigenvalue weighted by Gasteiger charge is 2.17. The van der Waals surface area contributed by atoms with Gasteiger partial charge in [0.2, 0.25) is 5.91 Å². The van der Waals surface area contributed by atoms with Crippen LogP contribution in [0.25, 0.3) is 0 Å². The third-order valence-electron chi connectivity index (χ3n) is 2.81. The van der Waals surface area contributed by atoms with Gasteiger partial charge in [-0.05, 0) is 24.6 Å². The zero-order valence-electron chi connectivity index (χ0n) is 9.45. The topological polar surface area (TPSA) is 52.6 Å². The molecule has 0 atom stereocenters. The number of carbonyl (C=O) groups excluding carboxylic acids is 1. The number of hydrogen-bond acceptors (Lipinski definition) is 3. The number of benzene rings is 1. The lowest BCUT2D eigenvalue weighted by Crippen LogP contribution is -2.33. The molecule has 1 fully saturated rings. The smallest absolute Gasteiger partial charge is 0.239 e. The van der Waals surface area contributed by atoms with Crippen LogP contribution in [-0.4, -0.2) is 30.6 Å². The molecule has 0 aliphatic carbocycles. The van der Waals surface area contributed by atoms with Gasteiger partial charge in [-0.3, -0.25) is 4.79 Å². The molecule has 1 heterocycles. The molecule has 5 heteroatoms. The van der Waals surface area contributed by atoms with E-state index < -0.39 is 0 Å². The van der Waals surface area contributed by atoms with Crippen molar-refractivity contribution >= 4 is 11.6 Å². The van der Waals surface area contributed by atoms with Crippen molar-refractivity contribution in [1.82, 2.24) is 5.32 Å². The fraction of sp³-hybridized carbons (Fsp3) is 0.417. The lowest BCUT2D eigenvalue weighted by Gasteiger charge is -2.23. The average molecular weight is 238 g/mol. The maximum atomic E-state index is 13.0. The highest BCUT2D eigenvalue weighted by Crippen LogP contribution is 2.22. The number of amides is 1. The Bertz CT molecular complexity index is 423. The minimum absolute atomic E-state index is 0.0456. The standard InChI is InChI=1S/C12H15FN2O2/c13-10-2-3-11(9(6-10)8-16)15-5-1-4-14-12(17)7-15/h2-3,6,16H,1,4-5,7-8H2,(H,14,17). The van der Waals surface area contributed by atoms with Crippen LogP contribution in [0.3, 0.4) is 0 Å². The van der Waals surface area contributed by atoms with Gasteiger partial charge in [-0.2, -0.15) is 0 Å². The number of hydrogen-bond donors (Lipinski definition) is 2. The summed E-state index contributed by atoms with van der Waals surface area (Å²) in [5.41, 5.74) is 1.24. The summed E-state index contributed by atoms with van der Waals surface area (Å²) in [6.07, 6.45) is 0.841. The van der Waals surface area contributed by atoms with Crippen molar-refractivity contribution in [1.29, 1.82) is 0 Å². The fourth-order valence-corrected chi connectivity index (χ4v) is 2.00. The molecule has 92 valence electrons. The molecule has 1 saturated heterocycles. The molecule has 1 aliphatic heterocycles. The van der Waals surface area contributed by atoms with Gasteiger partial charge in [0, 0.05) is 24.3 Å². The first-order chi connectivity index (χ1) is 8.20. The summed E-state index contributed by atoms with van der Waals surface area (Å²) >= 11 is 0. The van der Waals surface area contributed by atoms with Crippen LogP contribution in [0.15, 0.2) is 18.2 Å². The van der Waals surface area contributed by atoms with Crippen molar-refractivity contribution in [3.8, 4) is 0 Å². The van der Waals surface area contributed by atoms with Crippen LogP contribution in [0.5, 0.6) is 0 Å². The van der Waals surface area contributed by atoms with E-state index in [1.165, 1.54) is 12.1 Å². The molecule has 1 aliphatic rings. The Kier molecular flexibility index (Phi) is 3.58. The van der Waals surface area contributed by atoms with Crippen LogP contribution in [0.1, 0.15) is 12.0 Å². The van der Waals surface area contributed by atoms with Crippen LogP contribution in [0, 0.1) is 5.82 Å². The van der Waals surface area contributed by atoms with Crippen molar-refractivity contribution in [2.24, 2.45) is 0 Å². The molecule has 2 N–H and O–H groups in total. The van der Waals surface area contributed by atoms with Crippen LogP contribution in [-0.2, 0) is 11.4 Å². The Labute approximate surface area is 99.0 Å². The number of nitrogens with zero attached hydrogens (tertiary/aromatic N) is 1. The summed E-state index contributed by atoms with van der Waals surface area (Å²) in [7, 11) is 0. The van der Waals surface area contributed by atoms with E-state index in [1.807, 2.05) is 4.90 Å². The van der Waals surface area contributed by atoms with Crippen molar-refractivity contribution < 1.29 is 14.3 Å². The van der Waals surface area contributed by atoms with Crippen LogP contribution < -0.4 is 10.2 Å². The molecular weight excluding hydrogens is 223 g/mol. The van der Waals surface area contributed by atoms with Crippen molar-refractivity contribution in [2.45, 2.75) is 13.0 Å². The van der Waals surface area contributed by atoms with Crippen LogP contribution >= 0.6 is 0 Å². The number of halogens is 1. The summed E-state index contributed by atoms with van der Waals surface area (Å²) in [4.78, 5) is 13.3. The summed E-state index contributed by atoms with van der Waals surface area (Å²) in [6, 6.07) is 4.26. The first-order valence-electron chi connectivity index (χ1n) is 5.61. The minimum atomic E-state index is -0.378. The molecule has 2 rings (SSSR count). The third-order valence-corrected chi connectivity index (χ3v) is 2.81. The van der Waals surface area contributed by atoms with Crippen molar-refractivity contribution in [3.63, 3.8) is 0 Å². The van der Waals surface area contributed by atoms with Gasteiger partial charge < -0.3 is 15.3 Å². The van der Waals surface area contributed by atoms with Crippen molar-refractivity contribution in [2.75, 3.05) is 24.5 Å². The molecular formula is C12H15FN2O2. The number of aliphatic hydroxyl groups excluding tert-OH is 1. The van der Waals surface area contributed by atoms with Gasteiger partial charge in [0.1, 0.15) is 5.82 Å². The first-order valence-corrected chi connectivity index (χ1v) is 5.61. The SMILES string of the molecule is O=C1CN(c2ccc(F)cc2CO)CCCN1. The molecule has 1 amide bonds. The number of anilines is 1. The number of rotatable bonds is 2. The van der Waals surface area contributed by atoms with E-state index in [2.05, 4.69) is 5.32 Å². The van der Waals surface area contributed by atoms with E-state index in [0.29, 0.717) is 12.1 Å². The molecule has 17 heavy (non-hydrogen) atoms. The van der Waals surface area contributed by atoms with Gasteiger partial charge >= 0.3 is 0 Å². The second-order valence-electron chi connectivity index (χ2n) is 4.06. The zero-order chi connectivity index (χ0) is 12.3. The Morgan fingerprint density at radius 1 is 1.47 bits per heavy atom. The zero-order valence-corrected chi connectivity index (χ0v) is 9.45. The number of aliphatic hydroxyl groups is 1. The van der Waals surface area contributed by atoms with Gasteiger partial charge in [0.05, 0.1) is 13.2 Å². The summed E-state index contributed by atoms with van der Waals surface area (Å²) < 4.78 is 13.0. The summed E-state index contributed by atoms with van der Waals surface area (Å²) in [5, 5.41) is 12.0. The van der Waals surface area contributed by atoms with Gasteiger partial charge in [-0.15, -0.1) is 0 Å². The van der Waals surface area contributed by atoms with Gasteiger partial charge in [-0.1, -0.05) is 0 Å². The molecule has 0 unspecified atom stereocenters. The summed E-state index contributed by atoms with van der Waals surface area (Å²) in [6.45, 7) is 1.40. The Morgan fingerprint density at radius 2 is 2.29 bits per heavy atom. The summed E-state index contributed by atoms with van der Waals surface area (Å²) in [5.74, 6) is -0.423. The normalized spacial score (nSPS) is 16.6. The molecule has 0 bridgehead atoms. The van der Waals surface area contributed by atoms with E-state index >= 15 is 0 Å². The highest BCUT2D eigenvalue weighted by molar-refractivity contribution is 5.82. The maximum Gasteiger partial charge on any atom is 0.239 e. The molecule has 0 saturated carbocycles. The molecule has 1 aromatic rings. The highest BCUT2D eigenvalue weighted by atomic mass is 19.1. The van der Waals surface area contributed by atoms with Crippen LogP contribution in [0.2, 0.25) is 0 Å². The largest absolute Gasteiger partial charge is 0.392 e. The van der Waals surface area contributed by atoms with E-state index in [1.54, 1.807) is 6.07 Å². The number of carbonyl (C=O) groups is 1. The molecule has 0 aromatic heterocycles. The predicted molar refractivity (Wildman–Crippen MR) is 62.2 cm³/mol. The molecule has 4 nitrogen and oxygen atoms in total. The second-order valence-corrected chi connectivity index (χ2v) is 4.06. The van der Waals surface area contributed by atoms with Gasteiger partial charge in [-0.25, -0.2) is 4.39 Å². The molecule has 0 radical (unpaired) electrons. The number of nitrogens with one attached hydrogen (secondary N) is 1. The molecule has 0 spiro atoms. The van der Waals surface area contributed by atoms with E-state index in [9.17, 15) is 14.3 Å². The maximum absolute atomic E-state index is 13.0. The van der Waals surface area contributed by atoms with Gasteiger partial charge in [0.15, 0.2) is 0 Å². The Balaban J connectivity index is 2.28. The van der Waals surface area contributed by atoms with Gasteiger partial charge in [0.25, 0.3) is 0 Å². The van der Waals surface area contributed by atoms with E-state index in [4.69, 9.17) is 0 Å². The Morgan fingerprint density at radius 3 is 3.06 bits per heavy atom. The van der Waals surface area contributed by atoms with Crippen LogP contribution in [0.4, 0.5) is 10.1 Å². The average Bonchev–Trinajstić information content (AvgIpc) is 2.53. The lowest BCUT2D eigenvalue weighted by molar-refractivity contribution is -0.119. The lowest BCUT2D eigenvalue weighted by atomic mass is 10.1. The quantitative estimate of drug-likeness (QED) is 0.795. The monoisotopic (exact) mass is 238 g/mol. The van der Waals surface area contributed by atoms with Crippen molar-refractivity contribution in [3.05, 3.63) is 29.6 Å².